The van der Waals surface area contributed by atoms with Gasteiger partial charge in [-0.15, -0.1) is 0 Å². The van der Waals surface area contributed by atoms with E-state index in [1.807, 2.05) is 6.07 Å². The second-order valence-electron chi connectivity index (χ2n) is 9.78. The van der Waals surface area contributed by atoms with Crippen molar-refractivity contribution >= 4 is 45.0 Å². The number of aromatic hydroxyl groups is 2. The third-order valence-corrected chi connectivity index (χ3v) is 7.11. The summed E-state index contributed by atoms with van der Waals surface area (Å²) in [7, 11) is 0. The minimum absolute atomic E-state index is 0.0242. The van der Waals surface area contributed by atoms with E-state index in [0.717, 1.165) is 0 Å². The number of rotatable bonds is 6. The quantitative estimate of drug-likeness (QED) is 0.134. The largest absolute Gasteiger partial charge is 0.506 e. The highest BCUT2D eigenvalue weighted by Gasteiger charge is 2.21. The molecular formula is C32H28N6O6. The van der Waals surface area contributed by atoms with Crippen molar-refractivity contribution in [3.63, 3.8) is 0 Å². The van der Waals surface area contributed by atoms with E-state index in [1.165, 1.54) is 23.0 Å². The molecule has 5 aromatic rings. The number of nitrogens with zero attached hydrogens (tertiary/aromatic N) is 4. The molecule has 12 nitrogen and oxygen atoms in total. The van der Waals surface area contributed by atoms with Gasteiger partial charge in [0.05, 0.1) is 22.5 Å². The van der Waals surface area contributed by atoms with Gasteiger partial charge in [-0.3, -0.25) is 23.7 Å². The minimum Gasteiger partial charge on any atom is -0.506 e. The Morgan fingerprint density at radius 3 is 1.68 bits per heavy atom. The summed E-state index contributed by atoms with van der Waals surface area (Å²) in [5.41, 5.74) is 4.23. The van der Waals surface area contributed by atoms with Crippen molar-refractivity contribution in [3.05, 3.63) is 111 Å². The summed E-state index contributed by atoms with van der Waals surface area (Å²) in [6.45, 7) is 4.92. The van der Waals surface area contributed by atoms with Crippen molar-refractivity contribution in [1.82, 2.24) is 20.0 Å². The number of amides is 2. The molecule has 3 aromatic carbocycles. The molecular weight excluding hydrogens is 564 g/mol. The first-order valence-corrected chi connectivity index (χ1v) is 13.6. The fraction of sp³-hybridized carbons (Fsp3) is 0.125. The van der Waals surface area contributed by atoms with Crippen LogP contribution < -0.4 is 22.0 Å². The zero-order valence-corrected chi connectivity index (χ0v) is 24.0. The number of benzene rings is 3. The molecule has 0 spiro atoms. The van der Waals surface area contributed by atoms with Crippen molar-refractivity contribution in [2.45, 2.75) is 27.3 Å². The number of hydrazone groups is 2. The van der Waals surface area contributed by atoms with Gasteiger partial charge in [0.15, 0.2) is 0 Å². The number of fused-ring (bicyclic) bond motifs is 2. The fourth-order valence-electron chi connectivity index (χ4n) is 5.00. The van der Waals surface area contributed by atoms with Crippen LogP contribution in [0.25, 0.3) is 27.5 Å². The molecule has 2 heterocycles. The van der Waals surface area contributed by atoms with Crippen LogP contribution in [0.15, 0.2) is 98.7 Å². The van der Waals surface area contributed by atoms with Crippen LogP contribution in [0.3, 0.4) is 0 Å². The van der Waals surface area contributed by atoms with Crippen LogP contribution in [0.5, 0.6) is 11.5 Å². The van der Waals surface area contributed by atoms with E-state index in [-0.39, 0.29) is 34.0 Å². The maximum atomic E-state index is 13.6. The number of para-hydroxylation sites is 3. The van der Waals surface area contributed by atoms with Gasteiger partial charge in [0.2, 0.25) is 0 Å². The van der Waals surface area contributed by atoms with Crippen LogP contribution in [-0.2, 0) is 16.1 Å². The topological polar surface area (TPSA) is 167 Å². The Kier molecular flexibility index (Phi) is 8.07. The smallest absolute Gasteiger partial charge is 0.331 e. The molecule has 0 atom stereocenters. The van der Waals surface area contributed by atoms with E-state index in [9.17, 15) is 29.4 Å². The number of nitrogens with one attached hydrogen (secondary N) is 2. The molecule has 0 bridgehead atoms. The average Bonchev–Trinajstić information content (AvgIpc) is 3.03. The van der Waals surface area contributed by atoms with Gasteiger partial charge in [0.1, 0.15) is 22.6 Å². The summed E-state index contributed by atoms with van der Waals surface area (Å²) < 4.78 is 2.88. The Morgan fingerprint density at radius 2 is 1.14 bits per heavy atom. The van der Waals surface area contributed by atoms with Crippen LogP contribution in [0, 0.1) is 0 Å². The zero-order valence-electron chi connectivity index (χ0n) is 24.0. The lowest BCUT2D eigenvalue weighted by atomic mass is 10.1. The van der Waals surface area contributed by atoms with Gasteiger partial charge in [-0.05, 0) is 57.2 Å². The molecule has 5 rings (SSSR count). The van der Waals surface area contributed by atoms with Crippen LogP contribution in [0.1, 0.15) is 31.9 Å². The van der Waals surface area contributed by atoms with Crippen LogP contribution >= 0.6 is 0 Å². The van der Waals surface area contributed by atoms with Gasteiger partial charge in [0.25, 0.3) is 11.1 Å². The first-order chi connectivity index (χ1) is 21.1. The van der Waals surface area contributed by atoms with Gasteiger partial charge >= 0.3 is 11.8 Å². The Bertz CT molecular complexity index is 2130. The highest BCUT2D eigenvalue weighted by molar-refractivity contribution is 6.35. The molecule has 222 valence electrons. The van der Waals surface area contributed by atoms with Gasteiger partial charge in [-0.1, -0.05) is 42.5 Å². The lowest BCUT2D eigenvalue weighted by Crippen LogP contribution is -2.37. The van der Waals surface area contributed by atoms with Crippen molar-refractivity contribution in [1.29, 1.82) is 0 Å². The number of aromatic nitrogens is 2. The number of aryl methyl sites for hydroxylation is 1. The second-order valence-corrected chi connectivity index (χ2v) is 9.78. The predicted molar refractivity (Wildman–Crippen MR) is 167 cm³/mol. The Labute approximate surface area is 250 Å². The van der Waals surface area contributed by atoms with Crippen LogP contribution in [0.2, 0.25) is 0 Å². The third-order valence-electron chi connectivity index (χ3n) is 7.11. The van der Waals surface area contributed by atoms with Gasteiger partial charge in [-0.2, -0.15) is 10.2 Å². The van der Waals surface area contributed by atoms with Crippen molar-refractivity contribution < 1.29 is 19.8 Å². The summed E-state index contributed by atoms with van der Waals surface area (Å²) in [6.07, 6.45) is 0. The predicted octanol–water partition coefficient (Wildman–Crippen LogP) is 3.12. The highest BCUT2D eigenvalue weighted by Crippen LogP contribution is 2.29. The molecule has 2 aromatic heterocycles. The van der Waals surface area contributed by atoms with Crippen molar-refractivity contribution in [2.75, 3.05) is 0 Å². The number of pyridine rings is 2. The molecule has 0 saturated carbocycles. The molecule has 44 heavy (non-hydrogen) atoms. The lowest BCUT2D eigenvalue weighted by Gasteiger charge is -2.15. The second kappa shape index (κ2) is 12.1. The van der Waals surface area contributed by atoms with E-state index in [0.29, 0.717) is 34.0 Å². The zero-order chi connectivity index (χ0) is 31.5. The minimum atomic E-state index is -1.22. The third kappa shape index (κ3) is 5.20. The molecule has 0 radical (unpaired) electrons. The number of carbonyl (C=O) groups excluding carboxylic acids is 2. The molecule has 0 saturated heterocycles. The molecule has 0 aliphatic carbocycles. The summed E-state index contributed by atoms with van der Waals surface area (Å²) in [6, 6.07) is 22.5. The maximum absolute atomic E-state index is 13.6. The molecule has 4 N–H and O–H groups in total. The van der Waals surface area contributed by atoms with E-state index in [4.69, 9.17) is 0 Å². The molecule has 0 fully saturated rings. The monoisotopic (exact) mass is 592 g/mol. The summed E-state index contributed by atoms with van der Waals surface area (Å²) in [5.74, 6) is -3.07. The Balaban J connectivity index is 1.41. The Morgan fingerprint density at radius 1 is 0.682 bits per heavy atom. The standard InChI is InChI=1S/C32H28N6O6/c1-4-37-23-16-10-8-14-21(23)27(39)25(31(37)43)18(2)33-35-29(41)30(42)36-34-19(3)26-28(40)22-15-9-11-17-24(22)38(32(26)44)20-12-6-5-7-13-20/h5-17,39-40H,4H2,1-3H3,(H,35,41)(H,36,42). The first kappa shape index (κ1) is 29.5. The summed E-state index contributed by atoms with van der Waals surface area (Å²) in [5, 5.41) is 30.3. The summed E-state index contributed by atoms with van der Waals surface area (Å²) in [4.78, 5) is 51.7. The number of carbonyl (C=O) groups is 2. The maximum Gasteiger partial charge on any atom is 0.331 e. The van der Waals surface area contributed by atoms with Crippen LogP contribution in [0.4, 0.5) is 0 Å². The number of hydrogen-bond acceptors (Lipinski definition) is 8. The highest BCUT2D eigenvalue weighted by atomic mass is 16.3. The molecule has 2 amide bonds. The van der Waals surface area contributed by atoms with Crippen LogP contribution in [-0.4, -0.2) is 42.6 Å². The van der Waals surface area contributed by atoms with E-state index < -0.39 is 22.9 Å². The molecule has 12 heteroatoms. The molecule has 0 aliphatic heterocycles. The SMILES string of the molecule is CCn1c(=O)c(C(C)=NNC(=O)C(=O)NN=C(C)c2c(O)c3ccccc3n(-c3ccccc3)c2=O)c(O)c2ccccc21. The van der Waals surface area contributed by atoms with E-state index in [1.54, 1.807) is 79.7 Å². The number of hydrogen-bond donors (Lipinski definition) is 4. The first-order valence-electron chi connectivity index (χ1n) is 13.6. The van der Waals surface area contributed by atoms with E-state index in [2.05, 4.69) is 21.1 Å². The average molecular weight is 593 g/mol. The Hall–Kier alpha value is -6.04. The van der Waals surface area contributed by atoms with Gasteiger partial charge < -0.3 is 14.8 Å². The normalized spacial score (nSPS) is 12.0. The summed E-state index contributed by atoms with van der Waals surface area (Å²) >= 11 is 0. The molecule has 0 aliphatic rings. The van der Waals surface area contributed by atoms with E-state index >= 15 is 0 Å². The fourth-order valence-corrected chi connectivity index (χ4v) is 5.00. The van der Waals surface area contributed by atoms with Crippen molar-refractivity contribution in [3.8, 4) is 17.2 Å². The molecule has 0 unspecified atom stereocenters. The van der Waals surface area contributed by atoms with Crippen molar-refractivity contribution in [2.24, 2.45) is 10.2 Å². The lowest BCUT2D eigenvalue weighted by molar-refractivity contribution is -0.139. The van der Waals surface area contributed by atoms with Gasteiger partial charge in [-0.25, -0.2) is 10.9 Å². The van der Waals surface area contributed by atoms with Gasteiger partial charge in [0, 0.05) is 23.0 Å².